The molecule has 1 aromatic heterocycles. The minimum absolute atomic E-state index is 0.0805. The highest BCUT2D eigenvalue weighted by Crippen LogP contribution is 2.34. The maximum absolute atomic E-state index is 14.8. The lowest BCUT2D eigenvalue weighted by Gasteiger charge is -2.20. The fourth-order valence-electron chi connectivity index (χ4n) is 2.77. The Hall–Kier alpha value is -3.86. The van der Waals surface area contributed by atoms with Crippen LogP contribution in [0, 0.1) is 12.7 Å². The number of amides is 2. The molecule has 7 nitrogen and oxygen atoms in total. The quantitative estimate of drug-likeness (QED) is 0.296. The van der Waals surface area contributed by atoms with E-state index in [9.17, 15) is 27.2 Å². The summed E-state index contributed by atoms with van der Waals surface area (Å²) in [6, 6.07) is 10.9. The van der Waals surface area contributed by atoms with E-state index in [1.54, 1.807) is 25.1 Å². The summed E-state index contributed by atoms with van der Waals surface area (Å²) in [6.07, 6.45) is -6.88. The first kappa shape index (κ1) is 25.8. The Bertz CT molecular complexity index is 1220. The van der Waals surface area contributed by atoms with Gasteiger partial charge >= 0.3 is 12.3 Å². The van der Waals surface area contributed by atoms with Crippen LogP contribution in [0.3, 0.4) is 0 Å². The summed E-state index contributed by atoms with van der Waals surface area (Å²) in [5.41, 5.74) is 0.327. The van der Waals surface area contributed by atoms with Gasteiger partial charge in [0, 0.05) is 18.0 Å². The fourth-order valence-corrected chi connectivity index (χ4v) is 3.02. The molecule has 1 heterocycles. The lowest BCUT2D eigenvalue weighted by atomic mass is 10.1. The highest BCUT2D eigenvalue weighted by atomic mass is 35.5. The number of aromatic nitrogens is 1. The Balaban J connectivity index is 1.94. The van der Waals surface area contributed by atoms with E-state index in [0.717, 1.165) is 0 Å². The molecule has 1 atom stereocenters. The third-order valence-electron chi connectivity index (χ3n) is 4.62. The van der Waals surface area contributed by atoms with E-state index in [2.05, 4.69) is 15.6 Å². The van der Waals surface area contributed by atoms with Gasteiger partial charge in [-0.2, -0.15) is 13.2 Å². The van der Waals surface area contributed by atoms with Crippen molar-refractivity contribution >= 4 is 35.0 Å². The third kappa shape index (κ3) is 6.60. The molecule has 0 spiro atoms. The normalized spacial score (nSPS) is 12.0. The van der Waals surface area contributed by atoms with Crippen LogP contribution in [0.15, 0.2) is 54.7 Å². The molecule has 3 aromatic rings. The maximum Gasteiger partial charge on any atom is 0.425 e. The van der Waals surface area contributed by atoms with Crippen molar-refractivity contribution in [2.24, 2.45) is 0 Å². The molecule has 0 aliphatic carbocycles. The van der Waals surface area contributed by atoms with Crippen LogP contribution in [-0.4, -0.2) is 29.3 Å². The Morgan fingerprint density at radius 1 is 1.06 bits per heavy atom. The third-order valence-corrected chi connectivity index (χ3v) is 4.90. The van der Waals surface area contributed by atoms with E-state index in [1.807, 2.05) is 0 Å². The first-order valence-corrected chi connectivity index (χ1v) is 10.4. The van der Waals surface area contributed by atoms with Gasteiger partial charge in [0.05, 0.1) is 11.3 Å². The summed E-state index contributed by atoms with van der Waals surface area (Å²) < 4.78 is 64.0. The molecular weight excluding hydrogens is 494 g/mol. The molecule has 3 rings (SSSR count). The molecule has 2 N–H and O–H groups in total. The molecule has 35 heavy (non-hydrogen) atoms. The lowest BCUT2D eigenvalue weighted by Crippen LogP contribution is -2.32. The van der Waals surface area contributed by atoms with Crippen LogP contribution in [0.5, 0.6) is 11.5 Å². The van der Waals surface area contributed by atoms with Gasteiger partial charge < -0.3 is 14.8 Å². The number of halogens is 5. The van der Waals surface area contributed by atoms with Gasteiger partial charge in [0.1, 0.15) is 5.75 Å². The number of ether oxygens (including phenoxy) is 2. The number of alkyl halides is 3. The molecule has 184 valence electrons. The smallest absolute Gasteiger partial charge is 0.425 e. The van der Waals surface area contributed by atoms with Gasteiger partial charge in [-0.15, -0.1) is 0 Å². The molecule has 2 amide bonds. The number of pyridine rings is 1. The van der Waals surface area contributed by atoms with Crippen LogP contribution in [-0.2, 0) is 0 Å². The molecule has 0 aliphatic rings. The number of nitrogens with zero attached hydrogens (tertiary/aromatic N) is 1. The second-order valence-corrected chi connectivity index (χ2v) is 7.57. The van der Waals surface area contributed by atoms with Crippen molar-refractivity contribution in [1.29, 1.82) is 0 Å². The fraction of sp³-hybridized carbons (Fsp3) is 0.174. The number of hydrogen-bond donors (Lipinski definition) is 2. The average Bonchev–Trinajstić information content (AvgIpc) is 2.78. The molecular formula is C23H18ClF4N3O4. The van der Waals surface area contributed by atoms with Crippen molar-refractivity contribution in [3.05, 3.63) is 76.8 Å². The van der Waals surface area contributed by atoms with Crippen molar-refractivity contribution in [3.63, 3.8) is 0 Å². The van der Waals surface area contributed by atoms with Gasteiger partial charge in [-0.1, -0.05) is 29.8 Å². The number of benzene rings is 2. The zero-order valence-corrected chi connectivity index (χ0v) is 19.0. The van der Waals surface area contributed by atoms with Gasteiger partial charge in [0.2, 0.25) is 0 Å². The predicted octanol–water partition coefficient (Wildman–Crippen LogP) is 6.38. The molecule has 0 aliphatic heterocycles. The second-order valence-electron chi connectivity index (χ2n) is 7.21. The summed E-state index contributed by atoms with van der Waals surface area (Å²) in [4.78, 5) is 28.8. The van der Waals surface area contributed by atoms with Gasteiger partial charge in [0.25, 0.3) is 5.91 Å². The van der Waals surface area contributed by atoms with Crippen molar-refractivity contribution in [3.8, 4) is 11.5 Å². The summed E-state index contributed by atoms with van der Waals surface area (Å²) in [6.45, 7) is 2.31. The van der Waals surface area contributed by atoms with Crippen LogP contribution >= 0.6 is 11.6 Å². The van der Waals surface area contributed by atoms with Crippen molar-refractivity contribution in [2.75, 3.05) is 10.6 Å². The van der Waals surface area contributed by atoms with Gasteiger partial charge in [-0.05, 0) is 43.7 Å². The van der Waals surface area contributed by atoms with Gasteiger partial charge in [-0.3, -0.25) is 10.1 Å². The lowest BCUT2D eigenvalue weighted by molar-refractivity contribution is -0.189. The summed E-state index contributed by atoms with van der Waals surface area (Å²) >= 11 is 5.98. The number of aryl methyl sites for hydroxylation is 1. The van der Waals surface area contributed by atoms with E-state index < -0.39 is 47.2 Å². The van der Waals surface area contributed by atoms with Crippen molar-refractivity contribution < 1.29 is 36.6 Å². The highest BCUT2D eigenvalue weighted by molar-refractivity contribution is 6.33. The zero-order chi connectivity index (χ0) is 25.8. The number of carbonyl (C=O) groups is 2. The van der Waals surface area contributed by atoms with Crippen LogP contribution in [0.4, 0.5) is 33.7 Å². The van der Waals surface area contributed by atoms with Gasteiger partial charge in [0.15, 0.2) is 22.8 Å². The Kier molecular flexibility index (Phi) is 7.80. The van der Waals surface area contributed by atoms with Crippen molar-refractivity contribution in [1.82, 2.24) is 4.98 Å². The predicted molar refractivity (Wildman–Crippen MR) is 121 cm³/mol. The molecule has 0 bridgehead atoms. The number of para-hydroxylation sites is 1. The monoisotopic (exact) mass is 511 g/mol. The van der Waals surface area contributed by atoms with Crippen LogP contribution in [0.25, 0.3) is 0 Å². The Morgan fingerprint density at radius 3 is 2.37 bits per heavy atom. The second kappa shape index (κ2) is 10.6. The largest absolute Gasteiger partial charge is 0.480 e. The van der Waals surface area contributed by atoms with Crippen LogP contribution < -0.4 is 20.1 Å². The first-order valence-electron chi connectivity index (χ1n) is 9.99. The number of carbonyl (C=O) groups excluding carboxylic acids is 2. The van der Waals surface area contributed by atoms with Crippen LogP contribution in [0.2, 0.25) is 5.15 Å². The molecule has 12 heteroatoms. The minimum Gasteiger partial charge on any atom is -0.480 e. The van der Waals surface area contributed by atoms with E-state index in [4.69, 9.17) is 21.1 Å². The number of hydrogen-bond acceptors (Lipinski definition) is 5. The maximum atomic E-state index is 14.8. The average molecular weight is 512 g/mol. The van der Waals surface area contributed by atoms with E-state index in [1.165, 1.54) is 24.4 Å². The number of nitrogens with one attached hydrogen (secondary N) is 2. The first-order chi connectivity index (χ1) is 16.5. The number of rotatable bonds is 6. The molecule has 0 unspecified atom stereocenters. The highest BCUT2D eigenvalue weighted by Gasteiger charge is 2.39. The Morgan fingerprint density at radius 2 is 1.74 bits per heavy atom. The van der Waals surface area contributed by atoms with Crippen molar-refractivity contribution in [2.45, 2.75) is 26.1 Å². The molecule has 0 saturated carbocycles. The van der Waals surface area contributed by atoms with Gasteiger partial charge in [-0.25, -0.2) is 14.2 Å². The number of anilines is 2. The Labute approximate surface area is 202 Å². The summed E-state index contributed by atoms with van der Waals surface area (Å²) in [7, 11) is 0. The van der Waals surface area contributed by atoms with E-state index >= 15 is 0 Å². The topological polar surface area (TPSA) is 89.5 Å². The standard InChI is InChI=1S/C23H18ClF4N3O4/c1-12-8-9-29-20(24)19(12)31-21(32)15-10-16(25)18(11-17(15)34-13(2)23(26,27)28)35-22(33)30-14-6-4-3-5-7-14/h3-11,13H,1-2H3,(H,30,33)(H,31,32)/t13-/m0/s1. The van der Waals surface area contributed by atoms with E-state index in [0.29, 0.717) is 30.3 Å². The summed E-state index contributed by atoms with van der Waals surface area (Å²) in [5.74, 6) is -3.64. The van der Waals surface area contributed by atoms with E-state index in [-0.39, 0.29) is 10.8 Å². The van der Waals surface area contributed by atoms with Crippen LogP contribution in [0.1, 0.15) is 22.8 Å². The SMILES string of the molecule is Cc1ccnc(Cl)c1NC(=O)c1cc(F)c(OC(=O)Nc2ccccc2)cc1O[C@@H](C)C(F)(F)F. The summed E-state index contributed by atoms with van der Waals surface area (Å²) in [5, 5.41) is 4.64. The molecule has 0 fully saturated rings. The zero-order valence-electron chi connectivity index (χ0n) is 18.2. The molecule has 2 aromatic carbocycles. The minimum atomic E-state index is -4.79. The molecule has 0 saturated heterocycles. The molecule has 0 radical (unpaired) electrons.